The largest absolute Gasteiger partial charge is 0.358 e. The number of carbonyl (C=O) groups excluding carboxylic acids is 1. The predicted octanol–water partition coefficient (Wildman–Crippen LogP) is 2.79. The first kappa shape index (κ1) is 15.9. The molecule has 0 aliphatic carbocycles. The van der Waals surface area contributed by atoms with Crippen molar-refractivity contribution in [2.24, 2.45) is 0 Å². The van der Waals surface area contributed by atoms with Crippen LogP contribution in [0.15, 0.2) is 60.9 Å². The smallest absolute Gasteiger partial charge is 0.242 e. The van der Waals surface area contributed by atoms with Gasteiger partial charge in [-0.1, -0.05) is 42.5 Å². The fourth-order valence-corrected chi connectivity index (χ4v) is 2.52. The van der Waals surface area contributed by atoms with Gasteiger partial charge in [-0.15, -0.1) is 0 Å². The number of amides is 1. The van der Waals surface area contributed by atoms with Crippen molar-refractivity contribution in [1.29, 1.82) is 0 Å². The summed E-state index contributed by atoms with van der Waals surface area (Å²) in [4.78, 5) is 20.7. The van der Waals surface area contributed by atoms with Gasteiger partial charge in [0.15, 0.2) is 0 Å². The van der Waals surface area contributed by atoms with Crippen LogP contribution in [-0.2, 0) is 11.2 Å². The summed E-state index contributed by atoms with van der Waals surface area (Å²) in [5.41, 5.74) is 2.06. The van der Waals surface area contributed by atoms with Crippen molar-refractivity contribution < 1.29 is 4.79 Å². The Labute approximate surface area is 141 Å². The number of nitrogens with one attached hydrogen (secondary N) is 2. The summed E-state index contributed by atoms with van der Waals surface area (Å²) in [6.45, 7) is 2.44. The first-order chi connectivity index (χ1) is 11.7. The normalized spacial score (nSPS) is 11.9. The predicted molar refractivity (Wildman–Crippen MR) is 95.8 cm³/mol. The minimum Gasteiger partial charge on any atom is -0.358 e. The lowest BCUT2D eigenvalue weighted by Crippen LogP contribution is -2.38. The molecule has 1 heterocycles. The van der Waals surface area contributed by atoms with Crippen LogP contribution >= 0.6 is 0 Å². The number of benzene rings is 2. The second kappa shape index (κ2) is 7.55. The molecule has 0 spiro atoms. The second-order valence-corrected chi connectivity index (χ2v) is 5.63. The van der Waals surface area contributed by atoms with Crippen LogP contribution < -0.4 is 10.6 Å². The van der Waals surface area contributed by atoms with Gasteiger partial charge in [-0.3, -0.25) is 4.79 Å². The maximum absolute atomic E-state index is 12.3. The zero-order valence-electron chi connectivity index (χ0n) is 13.6. The molecular formula is C19H20N4O. The van der Waals surface area contributed by atoms with Gasteiger partial charge in [0, 0.05) is 11.9 Å². The SMILES string of the molecule is CC(Nc1ncnc2ccccc12)C(=O)NCCc1ccccc1. The van der Waals surface area contributed by atoms with E-state index in [9.17, 15) is 4.79 Å². The number of hydrogen-bond donors (Lipinski definition) is 2. The Morgan fingerprint density at radius 2 is 1.79 bits per heavy atom. The molecule has 1 unspecified atom stereocenters. The molecule has 5 heteroatoms. The molecule has 1 aromatic heterocycles. The van der Waals surface area contributed by atoms with Crippen molar-refractivity contribution >= 4 is 22.6 Å². The van der Waals surface area contributed by atoms with Crippen molar-refractivity contribution in [1.82, 2.24) is 15.3 Å². The number of fused-ring (bicyclic) bond motifs is 1. The monoisotopic (exact) mass is 320 g/mol. The molecule has 3 rings (SSSR count). The highest BCUT2D eigenvalue weighted by Crippen LogP contribution is 2.18. The lowest BCUT2D eigenvalue weighted by Gasteiger charge is -2.15. The Morgan fingerprint density at radius 1 is 1.04 bits per heavy atom. The molecular weight excluding hydrogens is 300 g/mol. The molecule has 5 nitrogen and oxygen atoms in total. The van der Waals surface area contributed by atoms with Crippen LogP contribution in [-0.4, -0.2) is 28.5 Å². The van der Waals surface area contributed by atoms with Crippen molar-refractivity contribution in [3.63, 3.8) is 0 Å². The summed E-state index contributed by atoms with van der Waals surface area (Å²) in [5.74, 6) is 0.625. The number of aromatic nitrogens is 2. The van der Waals surface area contributed by atoms with Gasteiger partial charge in [0.25, 0.3) is 0 Å². The van der Waals surface area contributed by atoms with Gasteiger partial charge in [-0.25, -0.2) is 9.97 Å². The van der Waals surface area contributed by atoms with E-state index >= 15 is 0 Å². The zero-order valence-corrected chi connectivity index (χ0v) is 13.6. The van der Waals surface area contributed by atoms with Gasteiger partial charge in [0.05, 0.1) is 5.52 Å². The first-order valence-electron chi connectivity index (χ1n) is 8.02. The summed E-state index contributed by atoms with van der Waals surface area (Å²) in [7, 11) is 0. The fraction of sp³-hybridized carbons (Fsp3) is 0.211. The van der Waals surface area contributed by atoms with E-state index < -0.39 is 0 Å². The van der Waals surface area contributed by atoms with Gasteiger partial charge >= 0.3 is 0 Å². The number of anilines is 1. The average Bonchev–Trinajstić information content (AvgIpc) is 2.63. The van der Waals surface area contributed by atoms with Crippen LogP contribution in [0.4, 0.5) is 5.82 Å². The third-order valence-corrected chi connectivity index (χ3v) is 3.85. The van der Waals surface area contributed by atoms with Gasteiger partial charge in [-0.2, -0.15) is 0 Å². The molecule has 0 aliphatic rings. The Hall–Kier alpha value is -2.95. The van der Waals surface area contributed by atoms with Crippen LogP contribution in [0.2, 0.25) is 0 Å². The second-order valence-electron chi connectivity index (χ2n) is 5.63. The van der Waals surface area contributed by atoms with E-state index in [1.807, 2.05) is 49.4 Å². The molecule has 24 heavy (non-hydrogen) atoms. The Bertz CT molecular complexity index is 814. The summed E-state index contributed by atoms with van der Waals surface area (Å²) in [5, 5.41) is 7.03. The topological polar surface area (TPSA) is 66.9 Å². The van der Waals surface area contributed by atoms with Crippen LogP contribution in [0.25, 0.3) is 10.9 Å². The van der Waals surface area contributed by atoms with E-state index in [1.165, 1.54) is 11.9 Å². The number of rotatable bonds is 6. The molecule has 0 fully saturated rings. The van der Waals surface area contributed by atoms with Crippen LogP contribution in [0, 0.1) is 0 Å². The van der Waals surface area contributed by atoms with E-state index in [0.29, 0.717) is 12.4 Å². The van der Waals surface area contributed by atoms with E-state index in [2.05, 4.69) is 32.7 Å². The molecule has 0 aliphatic heterocycles. The van der Waals surface area contributed by atoms with Crippen LogP contribution in [0.1, 0.15) is 12.5 Å². The molecule has 3 aromatic rings. The zero-order chi connectivity index (χ0) is 16.8. The van der Waals surface area contributed by atoms with Crippen LogP contribution in [0.3, 0.4) is 0 Å². The maximum atomic E-state index is 12.3. The summed E-state index contributed by atoms with van der Waals surface area (Å²) in [6.07, 6.45) is 2.32. The third-order valence-electron chi connectivity index (χ3n) is 3.85. The highest BCUT2D eigenvalue weighted by atomic mass is 16.2. The van der Waals surface area contributed by atoms with Crippen molar-refractivity contribution in [3.05, 3.63) is 66.5 Å². The fourth-order valence-electron chi connectivity index (χ4n) is 2.52. The third kappa shape index (κ3) is 3.87. The standard InChI is InChI=1S/C19H20N4O/c1-14(19(24)20-12-11-15-7-3-2-4-8-15)23-18-16-9-5-6-10-17(16)21-13-22-18/h2-10,13-14H,11-12H2,1H3,(H,20,24)(H,21,22,23). The molecule has 0 saturated carbocycles. The number of nitrogens with zero attached hydrogens (tertiary/aromatic N) is 2. The quantitative estimate of drug-likeness (QED) is 0.733. The lowest BCUT2D eigenvalue weighted by atomic mass is 10.1. The molecule has 0 radical (unpaired) electrons. The minimum atomic E-state index is -0.376. The molecule has 2 aromatic carbocycles. The Balaban J connectivity index is 1.57. The Morgan fingerprint density at radius 3 is 2.62 bits per heavy atom. The van der Waals surface area contributed by atoms with E-state index in [-0.39, 0.29) is 11.9 Å². The summed E-state index contributed by atoms with van der Waals surface area (Å²) < 4.78 is 0. The van der Waals surface area contributed by atoms with Crippen molar-refractivity contribution in [2.45, 2.75) is 19.4 Å². The summed E-state index contributed by atoms with van der Waals surface area (Å²) >= 11 is 0. The molecule has 2 N–H and O–H groups in total. The van der Waals surface area contributed by atoms with E-state index in [1.54, 1.807) is 0 Å². The molecule has 1 atom stereocenters. The molecule has 122 valence electrons. The van der Waals surface area contributed by atoms with Crippen molar-refractivity contribution in [2.75, 3.05) is 11.9 Å². The highest BCUT2D eigenvalue weighted by Gasteiger charge is 2.14. The summed E-state index contributed by atoms with van der Waals surface area (Å²) in [6, 6.07) is 17.5. The van der Waals surface area contributed by atoms with Crippen molar-refractivity contribution in [3.8, 4) is 0 Å². The number of para-hydroxylation sites is 1. The number of hydrogen-bond acceptors (Lipinski definition) is 4. The molecule has 0 saturated heterocycles. The number of carbonyl (C=O) groups is 1. The average molecular weight is 320 g/mol. The van der Waals surface area contributed by atoms with Gasteiger partial charge in [0.2, 0.25) is 5.91 Å². The van der Waals surface area contributed by atoms with Gasteiger partial charge in [-0.05, 0) is 31.0 Å². The molecule has 1 amide bonds. The lowest BCUT2D eigenvalue weighted by molar-refractivity contribution is -0.121. The highest BCUT2D eigenvalue weighted by molar-refractivity contribution is 5.91. The van der Waals surface area contributed by atoms with Gasteiger partial charge in [0.1, 0.15) is 18.2 Å². The Kier molecular flexibility index (Phi) is 5.01. The van der Waals surface area contributed by atoms with E-state index in [4.69, 9.17) is 0 Å². The molecule has 0 bridgehead atoms. The maximum Gasteiger partial charge on any atom is 0.242 e. The minimum absolute atomic E-state index is 0.0476. The first-order valence-corrected chi connectivity index (χ1v) is 8.02. The van der Waals surface area contributed by atoms with Gasteiger partial charge < -0.3 is 10.6 Å². The van der Waals surface area contributed by atoms with Crippen LogP contribution in [0.5, 0.6) is 0 Å². The van der Waals surface area contributed by atoms with E-state index in [0.717, 1.165) is 17.3 Å².